The second-order valence-electron chi connectivity index (χ2n) is 7.47. The second kappa shape index (κ2) is 9.43. The van der Waals surface area contributed by atoms with Gasteiger partial charge in [-0.1, -0.05) is 36.0 Å². The highest BCUT2D eigenvalue weighted by molar-refractivity contribution is 7.99. The summed E-state index contributed by atoms with van der Waals surface area (Å²) in [6.45, 7) is 4.06. The highest BCUT2D eigenvalue weighted by atomic mass is 32.2. The van der Waals surface area contributed by atoms with E-state index >= 15 is 0 Å². The molecule has 4 rings (SSSR count). The highest BCUT2D eigenvalue weighted by Crippen LogP contribution is 2.47. The number of likely N-dealkylation sites (tertiary alicyclic amines) is 1. The van der Waals surface area contributed by atoms with Crippen LogP contribution in [0, 0.1) is 0 Å². The van der Waals surface area contributed by atoms with E-state index in [1.54, 1.807) is 16.7 Å². The molecule has 2 aliphatic rings. The van der Waals surface area contributed by atoms with Gasteiger partial charge in [-0.25, -0.2) is 4.79 Å². The summed E-state index contributed by atoms with van der Waals surface area (Å²) in [7, 11) is 0. The molecule has 7 heteroatoms. The Balaban J connectivity index is 1.33. The molecule has 0 aliphatic carbocycles. The van der Waals surface area contributed by atoms with Crippen molar-refractivity contribution >= 4 is 35.1 Å². The standard InChI is InChI=1S/C23H27N3O3S/c1-2-29-23(28)25-14-11-17(12-15-25)24-22(27)13-16-26-18-7-3-5-9-20(18)30-21-10-6-4-8-19(21)26/h3-10,17H,2,11-16H2,1H3,(H,24,27). The van der Waals surface area contributed by atoms with Gasteiger partial charge in [0.25, 0.3) is 0 Å². The number of amides is 2. The third kappa shape index (κ3) is 4.56. The lowest BCUT2D eigenvalue weighted by molar-refractivity contribution is -0.121. The number of nitrogens with zero attached hydrogens (tertiary/aromatic N) is 2. The van der Waals surface area contributed by atoms with Crippen molar-refractivity contribution in [3.05, 3.63) is 48.5 Å². The van der Waals surface area contributed by atoms with Crippen molar-refractivity contribution in [2.75, 3.05) is 31.1 Å². The maximum Gasteiger partial charge on any atom is 0.409 e. The summed E-state index contributed by atoms with van der Waals surface area (Å²) >= 11 is 1.77. The Labute approximate surface area is 181 Å². The number of hydrogen-bond acceptors (Lipinski definition) is 5. The van der Waals surface area contributed by atoms with E-state index in [0.29, 0.717) is 32.7 Å². The van der Waals surface area contributed by atoms with Crippen LogP contribution >= 0.6 is 11.8 Å². The third-order valence-corrected chi connectivity index (χ3v) is 6.61. The third-order valence-electron chi connectivity index (χ3n) is 5.48. The van der Waals surface area contributed by atoms with Crippen LogP contribution in [-0.2, 0) is 9.53 Å². The molecule has 2 aromatic rings. The Bertz CT molecular complexity index is 867. The summed E-state index contributed by atoms with van der Waals surface area (Å²) in [4.78, 5) is 30.8. The fourth-order valence-electron chi connectivity index (χ4n) is 3.96. The first-order valence-electron chi connectivity index (χ1n) is 10.5. The lowest BCUT2D eigenvalue weighted by Gasteiger charge is -2.33. The summed E-state index contributed by atoms with van der Waals surface area (Å²) < 4.78 is 5.05. The second-order valence-corrected chi connectivity index (χ2v) is 8.55. The molecule has 0 atom stereocenters. The summed E-state index contributed by atoms with van der Waals surface area (Å²) in [5.74, 6) is 0.0535. The molecule has 2 heterocycles. The van der Waals surface area contributed by atoms with Crippen molar-refractivity contribution in [2.24, 2.45) is 0 Å². The van der Waals surface area contributed by atoms with Crippen LogP contribution in [0.5, 0.6) is 0 Å². The van der Waals surface area contributed by atoms with Crippen LogP contribution in [0.15, 0.2) is 58.3 Å². The van der Waals surface area contributed by atoms with E-state index in [1.807, 2.05) is 31.2 Å². The topological polar surface area (TPSA) is 61.9 Å². The van der Waals surface area contributed by atoms with Crippen LogP contribution in [0.4, 0.5) is 16.2 Å². The maximum atomic E-state index is 12.6. The van der Waals surface area contributed by atoms with Crippen LogP contribution in [0.3, 0.4) is 0 Å². The molecule has 1 fully saturated rings. The molecule has 2 aromatic carbocycles. The number of hydrogen-bond donors (Lipinski definition) is 1. The van der Waals surface area contributed by atoms with Crippen LogP contribution in [-0.4, -0.2) is 49.2 Å². The van der Waals surface area contributed by atoms with Crippen molar-refractivity contribution in [3.8, 4) is 0 Å². The largest absolute Gasteiger partial charge is 0.450 e. The fraction of sp³-hybridized carbons (Fsp3) is 0.391. The molecular weight excluding hydrogens is 398 g/mol. The van der Waals surface area contributed by atoms with Crippen LogP contribution < -0.4 is 10.2 Å². The molecule has 158 valence electrons. The zero-order valence-electron chi connectivity index (χ0n) is 17.2. The van der Waals surface area contributed by atoms with Crippen LogP contribution in [0.25, 0.3) is 0 Å². The zero-order valence-corrected chi connectivity index (χ0v) is 18.0. The molecular formula is C23H27N3O3S. The van der Waals surface area contributed by atoms with Gasteiger partial charge in [0, 0.05) is 41.9 Å². The predicted molar refractivity (Wildman–Crippen MR) is 118 cm³/mol. The van der Waals surface area contributed by atoms with Crippen molar-refractivity contribution in [1.29, 1.82) is 0 Å². The number of nitrogens with one attached hydrogen (secondary N) is 1. The molecule has 0 aromatic heterocycles. The molecule has 0 spiro atoms. The Kier molecular flexibility index (Phi) is 6.47. The first kappa shape index (κ1) is 20.6. The van der Waals surface area contributed by atoms with E-state index in [9.17, 15) is 9.59 Å². The van der Waals surface area contributed by atoms with Crippen LogP contribution in [0.2, 0.25) is 0 Å². The van der Waals surface area contributed by atoms with E-state index < -0.39 is 0 Å². The number of fused-ring (bicyclic) bond motifs is 2. The van der Waals surface area contributed by atoms with Gasteiger partial charge in [-0.3, -0.25) is 4.79 Å². The Morgan fingerprint density at radius 1 is 1.03 bits per heavy atom. The number of benzene rings is 2. The molecule has 0 radical (unpaired) electrons. The number of carbonyl (C=O) groups is 2. The van der Waals surface area contributed by atoms with Gasteiger partial charge < -0.3 is 19.9 Å². The summed E-state index contributed by atoms with van der Waals surface area (Å²) in [6.07, 6.45) is 1.68. The molecule has 2 amide bonds. The van der Waals surface area contributed by atoms with E-state index in [2.05, 4.69) is 34.5 Å². The molecule has 0 bridgehead atoms. The average Bonchev–Trinajstić information content (AvgIpc) is 2.77. The van der Waals surface area contributed by atoms with Crippen LogP contribution in [0.1, 0.15) is 26.2 Å². The van der Waals surface area contributed by atoms with Gasteiger partial charge in [-0.05, 0) is 44.0 Å². The molecule has 1 saturated heterocycles. The Morgan fingerprint density at radius 3 is 2.23 bits per heavy atom. The first-order chi connectivity index (χ1) is 14.7. The van der Waals surface area contributed by atoms with Gasteiger partial charge in [-0.15, -0.1) is 0 Å². The SMILES string of the molecule is CCOC(=O)N1CCC(NC(=O)CCN2c3ccccc3Sc3ccccc32)CC1. The van der Waals surface area contributed by atoms with Crippen molar-refractivity contribution in [2.45, 2.75) is 42.0 Å². The van der Waals surface area contributed by atoms with Crippen molar-refractivity contribution < 1.29 is 14.3 Å². The van der Waals surface area contributed by atoms with E-state index in [-0.39, 0.29) is 18.0 Å². The minimum Gasteiger partial charge on any atom is -0.450 e. The minimum absolute atomic E-state index is 0.0535. The summed E-state index contributed by atoms with van der Waals surface area (Å²) in [5.41, 5.74) is 2.30. The van der Waals surface area contributed by atoms with Gasteiger partial charge in [0.05, 0.1) is 18.0 Å². The Morgan fingerprint density at radius 2 is 1.63 bits per heavy atom. The Hall–Kier alpha value is -2.67. The molecule has 1 N–H and O–H groups in total. The monoisotopic (exact) mass is 425 g/mol. The fourth-order valence-corrected chi connectivity index (χ4v) is 5.05. The van der Waals surface area contributed by atoms with E-state index in [4.69, 9.17) is 4.74 Å². The summed E-state index contributed by atoms with van der Waals surface area (Å²) in [5, 5.41) is 3.15. The minimum atomic E-state index is -0.262. The number of rotatable bonds is 5. The number of ether oxygens (including phenoxy) is 1. The maximum absolute atomic E-state index is 12.6. The lowest BCUT2D eigenvalue weighted by atomic mass is 10.1. The number of piperidine rings is 1. The predicted octanol–water partition coefficient (Wildman–Crippen LogP) is 4.42. The molecule has 0 unspecified atom stereocenters. The van der Waals surface area contributed by atoms with Crippen molar-refractivity contribution in [1.82, 2.24) is 10.2 Å². The summed E-state index contributed by atoms with van der Waals surface area (Å²) in [6, 6.07) is 16.8. The molecule has 0 saturated carbocycles. The van der Waals surface area contributed by atoms with Crippen molar-refractivity contribution in [3.63, 3.8) is 0 Å². The number of para-hydroxylation sites is 2. The normalized spacial score (nSPS) is 15.9. The number of carbonyl (C=O) groups excluding carboxylic acids is 2. The quantitative estimate of drug-likeness (QED) is 0.769. The zero-order chi connectivity index (χ0) is 20.9. The van der Waals surface area contributed by atoms with E-state index in [0.717, 1.165) is 24.2 Å². The van der Waals surface area contributed by atoms with Gasteiger partial charge in [0.2, 0.25) is 5.91 Å². The smallest absolute Gasteiger partial charge is 0.409 e. The average molecular weight is 426 g/mol. The van der Waals surface area contributed by atoms with Gasteiger partial charge >= 0.3 is 6.09 Å². The first-order valence-corrected chi connectivity index (χ1v) is 11.3. The van der Waals surface area contributed by atoms with Gasteiger partial charge in [0.15, 0.2) is 0 Å². The molecule has 6 nitrogen and oxygen atoms in total. The lowest BCUT2D eigenvalue weighted by Crippen LogP contribution is -2.47. The molecule has 30 heavy (non-hydrogen) atoms. The number of anilines is 2. The van der Waals surface area contributed by atoms with E-state index in [1.165, 1.54) is 9.79 Å². The van der Waals surface area contributed by atoms with Gasteiger partial charge in [-0.2, -0.15) is 0 Å². The highest BCUT2D eigenvalue weighted by Gasteiger charge is 2.26. The molecule has 2 aliphatic heterocycles. The van der Waals surface area contributed by atoms with Gasteiger partial charge in [0.1, 0.15) is 0 Å².